The Morgan fingerprint density at radius 3 is 2.51 bits per heavy atom. The first-order valence-electron chi connectivity index (χ1n) is 13.6. The molecule has 2 amide bonds. The molecular formula is C31H31N7O3. The number of fused-ring (bicyclic) bond motifs is 1. The van der Waals surface area contributed by atoms with E-state index in [1.165, 1.54) is 0 Å². The number of carbonyl (C=O) groups is 2. The number of ketones is 1. The van der Waals surface area contributed by atoms with Gasteiger partial charge < -0.3 is 10.1 Å². The molecule has 0 spiro atoms. The number of nitrogens with zero attached hydrogens (tertiary/aromatic N) is 5. The fraction of sp³-hybridized carbons (Fsp3) is 0.258. The molecule has 208 valence electrons. The third kappa shape index (κ3) is 6.11. The number of hydrogen-bond donors (Lipinski definition) is 2. The molecule has 1 aliphatic rings. The molecule has 10 nitrogen and oxygen atoms in total. The normalized spacial score (nSPS) is 13.2. The number of amides is 2. The van der Waals surface area contributed by atoms with Crippen LogP contribution in [0.4, 0.5) is 16.3 Å². The Hall–Kier alpha value is -4.99. The van der Waals surface area contributed by atoms with Gasteiger partial charge in [0.15, 0.2) is 5.65 Å². The van der Waals surface area contributed by atoms with Crippen LogP contribution in [0.2, 0.25) is 0 Å². The number of Topliss-reactive ketones (excluding diaryl/α,β-unsaturated/α-hetero) is 1. The van der Waals surface area contributed by atoms with Crippen LogP contribution in [0.1, 0.15) is 45.0 Å². The first kappa shape index (κ1) is 26.2. The van der Waals surface area contributed by atoms with Crippen molar-refractivity contribution in [2.75, 3.05) is 10.6 Å². The molecule has 1 aliphatic carbocycles. The highest BCUT2D eigenvalue weighted by molar-refractivity contribution is 5.99. The second-order valence-electron chi connectivity index (χ2n) is 11.2. The van der Waals surface area contributed by atoms with Crippen molar-refractivity contribution < 1.29 is 14.3 Å². The number of nitrogens with one attached hydrogen (secondary N) is 2. The lowest BCUT2D eigenvalue weighted by Crippen LogP contribution is -2.21. The Balaban J connectivity index is 1.14. The topological polar surface area (TPSA) is 115 Å². The smallest absolute Gasteiger partial charge is 0.324 e. The van der Waals surface area contributed by atoms with Gasteiger partial charge in [-0.05, 0) is 43.2 Å². The Bertz CT molecular complexity index is 1730. The molecule has 3 aromatic heterocycles. The summed E-state index contributed by atoms with van der Waals surface area (Å²) in [5.74, 6) is 1.85. The van der Waals surface area contributed by atoms with Gasteiger partial charge >= 0.3 is 6.03 Å². The van der Waals surface area contributed by atoms with Gasteiger partial charge in [-0.15, -0.1) is 5.10 Å². The van der Waals surface area contributed by atoms with Crippen LogP contribution in [0, 0.1) is 5.92 Å². The van der Waals surface area contributed by atoms with E-state index in [1.807, 2.05) is 36.4 Å². The zero-order valence-electron chi connectivity index (χ0n) is 23.2. The molecule has 3 heterocycles. The number of anilines is 2. The Morgan fingerprint density at radius 2 is 1.76 bits per heavy atom. The lowest BCUT2D eigenvalue weighted by atomic mass is 9.92. The van der Waals surface area contributed by atoms with Gasteiger partial charge in [-0.3, -0.25) is 10.1 Å². The van der Waals surface area contributed by atoms with Crippen LogP contribution in [0.25, 0.3) is 11.3 Å². The highest BCUT2D eigenvalue weighted by Crippen LogP contribution is 2.31. The molecule has 10 heteroatoms. The van der Waals surface area contributed by atoms with Crippen molar-refractivity contribution in [2.24, 2.45) is 5.92 Å². The summed E-state index contributed by atoms with van der Waals surface area (Å²) in [7, 11) is 0. The third-order valence-electron chi connectivity index (χ3n) is 6.77. The highest BCUT2D eigenvalue weighted by atomic mass is 16.5. The van der Waals surface area contributed by atoms with Crippen LogP contribution in [0.3, 0.4) is 0 Å². The van der Waals surface area contributed by atoms with Crippen molar-refractivity contribution in [1.29, 1.82) is 0 Å². The standard InChI is InChI=1S/C31H31N7O3/c1-31(2,3)26-18-28(38(35-26)23-9-5-4-6-10-23)34-30(40)33-21-8-7-11-24(16-21)41-29-15-14-27-32-22(19-37(27)36-29)17-25(39)20-12-13-20/h4-11,14-16,18-20H,12-13,17H2,1-3H3,(H2,33,34,40). The van der Waals surface area contributed by atoms with Gasteiger partial charge in [0.25, 0.3) is 0 Å². The number of urea groups is 1. The Labute approximate surface area is 237 Å². The minimum Gasteiger partial charge on any atom is -0.438 e. The maximum atomic E-state index is 13.0. The van der Waals surface area contributed by atoms with Gasteiger partial charge in [0, 0.05) is 35.2 Å². The van der Waals surface area contributed by atoms with E-state index in [2.05, 4.69) is 41.5 Å². The van der Waals surface area contributed by atoms with E-state index in [-0.39, 0.29) is 17.1 Å². The second kappa shape index (κ2) is 10.5. The van der Waals surface area contributed by atoms with Crippen LogP contribution in [-0.4, -0.2) is 36.2 Å². The van der Waals surface area contributed by atoms with Gasteiger partial charge in [-0.25, -0.2) is 19.0 Å². The summed E-state index contributed by atoms with van der Waals surface area (Å²) in [5, 5.41) is 15.0. The minimum atomic E-state index is -0.411. The SMILES string of the molecule is CC(C)(C)c1cc(NC(=O)Nc2cccc(Oc3ccc4nc(CC(=O)C5CC5)cn4n3)c2)n(-c2ccccc2)n1. The molecule has 0 unspecified atom stereocenters. The molecule has 6 rings (SSSR count). The Morgan fingerprint density at radius 1 is 0.951 bits per heavy atom. The summed E-state index contributed by atoms with van der Waals surface area (Å²) >= 11 is 0. The monoisotopic (exact) mass is 549 g/mol. The highest BCUT2D eigenvalue weighted by Gasteiger charge is 2.29. The molecule has 2 aromatic carbocycles. The molecular weight excluding hydrogens is 518 g/mol. The van der Waals surface area contributed by atoms with Crippen LogP contribution in [-0.2, 0) is 16.6 Å². The van der Waals surface area contributed by atoms with E-state index in [0.717, 1.165) is 24.2 Å². The van der Waals surface area contributed by atoms with Crippen molar-refractivity contribution in [1.82, 2.24) is 24.4 Å². The summed E-state index contributed by atoms with van der Waals surface area (Å²) in [6.07, 6.45) is 4.04. The molecule has 0 atom stereocenters. The summed E-state index contributed by atoms with van der Waals surface area (Å²) in [6, 6.07) is 21.7. The predicted molar refractivity (Wildman–Crippen MR) is 156 cm³/mol. The molecule has 5 aromatic rings. The first-order chi connectivity index (χ1) is 19.7. The van der Waals surface area contributed by atoms with Gasteiger partial charge in [0.1, 0.15) is 17.4 Å². The lowest BCUT2D eigenvalue weighted by Gasteiger charge is -2.14. The van der Waals surface area contributed by atoms with Gasteiger partial charge in [0.2, 0.25) is 5.88 Å². The number of imidazole rings is 1. The first-order valence-corrected chi connectivity index (χ1v) is 13.6. The van der Waals surface area contributed by atoms with E-state index in [4.69, 9.17) is 9.84 Å². The van der Waals surface area contributed by atoms with E-state index in [9.17, 15) is 9.59 Å². The quantitative estimate of drug-likeness (QED) is 0.239. The minimum absolute atomic E-state index is 0.192. The average Bonchev–Trinajstić information content (AvgIpc) is 3.58. The number of hydrogen-bond acceptors (Lipinski definition) is 6. The lowest BCUT2D eigenvalue weighted by molar-refractivity contribution is -0.119. The van der Waals surface area contributed by atoms with Crippen molar-refractivity contribution in [3.05, 3.63) is 90.4 Å². The zero-order chi connectivity index (χ0) is 28.6. The molecule has 0 aliphatic heterocycles. The number of benzene rings is 2. The summed E-state index contributed by atoms with van der Waals surface area (Å²) in [6.45, 7) is 6.23. The third-order valence-corrected chi connectivity index (χ3v) is 6.77. The van der Waals surface area contributed by atoms with Crippen LogP contribution < -0.4 is 15.4 Å². The largest absolute Gasteiger partial charge is 0.438 e. The molecule has 0 bridgehead atoms. The average molecular weight is 550 g/mol. The van der Waals surface area contributed by atoms with Gasteiger partial charge in [-0.2, -0.15) is 5.10 Å². The van der Waals surface area contributed by atoms with E-state index >= 15 is 0 Å². The predicted octanol–water partition coefficient (Wildman–Crippen LogP) is 6.17. The van der Waals surface area contributed by atoms with E-state index < -0.39 is 6.03 Å². The molecule has 2 N–H and O–H groups in total. The second-order valence-corrected chi connectivity index (χ2v) is 11.2. The maximum absolute atomic E-state index is 13.0. The number of carbonyl (C=O) groups excluding carboxylic acids is 2. The van der Waals surface area contributed by atoms with Gasteiger partial charge in [0.05, 0.1) is 29.7 Å². The fourth-order valence-electron chi connectivity index (χ4n) is 4.42. The number of para-hydroxylation sites is 1. The molecule has 0 saturated heterocycles. The number of rotatable bonds is 8. The van der Waals surface area contributed by atoms with Crippen molar-refractivity contribution in [2.45, 2.75) is 45.4 Å². The summed E-state index contributed by atoms with van der Waals surface area (Å²) in [5.41, 5.74) is 3.40. The van der Waals surface area contributed by atoms with Crippen molar-refractivity contribution >= 4 is 29.0 Å². The summed E-state index contributed by atoms with van der Waals surface area (Å²) < 4.78 is 9.31. The molecule has 41 heavy (non-hydrogen) atoms. The van der Waals surface area contributed by atoms with Crippen molar-refractivity contribution in [3.8, 4) is 17.3 Å². The number of aromatic nitrogens is 5. The Kier molecular flexibility index (Phi) is 6.74. The molecule has 0 radical (unpaired) electrons. The van der Waals surface area contributed by atoms with E-state index in [1.54, 1.807) is 51.8 Å². The fourth-order valence-corrected chi connectivity index (χ4v) is 4.42. The molecule has 1 saturated carbocycles. The van der Waals surface area contributed by atoms with Crippen LogP contribution in [0.5, 0.6) is 11.6 Å². The zero-order valence-corrected chi connectivity index (χ0v) is 23.2. The van der Waals surface area contributed by atoms with E-state index in [0.29, 0.717) is 40.9 Å². The maximum Gasteiger partial charge on any atom is 0.324 e. The van der Waals surface area contributed by atoms with Crippen LogP contribution in [0.15, 0.2) is 79.0 Å². The van der Waals surface area contributed by atoms with Crippen LogP contribution >= 0.6 is 0 Å². The number of ether oxygens (including phenoxy) is 1. The molecule has 1 fully saturated rings. The van der Waals surface area contributed by atoms with Gasteiger partial charge in [-0.1, -0.05) is 45.0 Å². The van der Waals surface area contributed by atoms with Crippen molar-refractivity contribution in [3.63, 3.8) is 0 Å². The summed E-state index contributed by atoms with van der Waals surface area (Å²) in [4.78, 5) is 29.7.